The quantitative estimate of drug-likeness (QED) is 0.616. The molecule has 0 spiro atoms. The average molecular weight is 381 g/mol. The number of aromatic nitrogens is 2. The van der Waals surface area contributed by atoms with Crippen LogP contribution in [-0.2, 0) is 27.4 Å². The first-order chi connectivity index (χ1) is 13.5. The van der Waals surface area contributed by atoms with Crippen LogP contribution in [0, 0.1) is 6.92 Å². The number of benzene rings is 2. The number of amides is 1. The largest absolute Gasteiger partial charge is 0.454 e. The number of fused-ring (bicyclic) bond motifs is 1. The Labute approximate surface area is 159 Å². The summed E-state index contributed by atoms with van der Waals surface area (Å²) in [4.78, 5) is 48.2. The molecule has 28 heavy (non-hydrogen) atoms. The maximum absolute atomic E-state index is 12.4. The minimum atomic E-state index is -0.806. The maximum Gasteiger partial charge on any atom is 0.328 e. The van der Waals surface area contributed by atoms with Gasteiger partial charge in [-0.2, -0.15) is 0 Å². The van der Waals surface area contributed by atoms with E-state index in [1.807, 2.05) is 31.2 Å². The highest BCUT2D eigenvalue weighted by Gasteiger charge is 2.12. The molecule has 0 saturated heterocycles. The smallest absolute Gasteiger partial charge is 0.328 e. The number of esters is 1. The molecule has 0 saturated carbocycles. The highest BCUT2D eigenvalue weighted by molar-refractivity contribution is 5.81. The van der Waals surface area contributed by atoms with E-state index in [1.54, 1.807) is 12.1 Å². The summed E-state index contributed by atoms with van der Waals surface area (Å²) in [6.45, 7) is 1.28. The van der Waals surface area contributed by atoms with Gasteiger partial charge in [-0.3, -0.25) is 24.3 Å². The number of aryl methyl sites for hydroxylation is 1. The molecule has 0 unspecified atom stereocenters. The van der Waals surface area contributed by atoms with E-state index in [2.05, 4.69) is 10.4 Å². The van der Waals surface area contributed by atoms with Gasteiger partial charge in [-0.05, 0) is 30.2 Å². The van der Waals surface area contributed by atoms with Crippen LogP contribution >= 0.6 is 0 Å². The van der Waals surface area contributed by atoms with Crippen LogP contribution in [0.4, 0.5) is 0 Å². The van der Waals surface area contributed by atoms with E-state index in [4.69, 9.17) is 4.74 Å². The van der Waals surface area contributed by atoms with Crippen molar-refractivity contribution in [3.63, 3.8) is 0 Å². The Hall–Kier alpha value is -3.68. The number of nitrogens with zero attached hydrogens (tertiary/aromatic N) is 1. The molecule has 1 aromatic heterocycles. The van der Waals surface area contributed by atoms with E-state index >= 15 is 0 Å². The number of hydrogen-bond donors (Lipinski definition) is 2. The SMILES string of the molecule is Cc1ccccc1CNC(=O)COC(=O)Cn1[nH]c(=O)c2ccccc2c1=O. The molecule has 3 aromatic rings. The van der Waals surface area contributed by atoms with Gasteiger partial charge < -0.3 is 10.1 Å². The third-order valence-corrected chi connectivity index (χ3v) is 4.27. The van der Waals surface area contributed by atoms with E-state index in [1.165, 1.54) is 12.1 Å². The van der Waals surface area contributed by atoms with Crippen molar-refractivity contribution < 1.29 is 14.3 Å². The normalized spacial score (nSPS) is 10.6. The zero-order chi connectivity index (χ0) is 20.1. The number of H-pyrrole nitrogens is 1. The second kappa shape index (κ2) is 8.34. The topological polar surface area (TPSA) is 110 Å². The van der Waals surface area contributed by atoms with Gasteiger partial charge in [-0.15, -0.1) is 0 Å². The molecule has 0 fully saturated rings. The van der Waals surface area contributed by atoms with E-state index < -0.39 is 36.1 Å². The van der Waals surface area contributed by atoms with E-state index in [9.17, 15) is 19.2 Å². The third kappa shape index (κ3) is 4.35. The summed E-state index contributed by atoms with van der Waals surface area (Å²) >= 11 is 0. The highest BCUT2D eigenvalue weighted by Crippen LogP contribution is 2.06. The summed E-state index contributed by atoms with van der Waals surface area (Å²) in [5.74, 6) is -1.27. The Kier molecular flexibility index (Phi) is 5.69. The number of aromatic amines is 1. The first-order valence-electron chi connectivity index (χ1n) is 8.64. The summed E-state index contributed by atoms with van der Waals surface area (Å²) in [5.41, 5.74) is 0.997. The van der Waals surface area contributed by atoms with Crippen LogP contribution in [0.2, 0.25) is 0 Å². The molecule has 8 nitrogen and oxygen atoms in total. The Morgan fingerprint density at radius 3 is 2.46 bits per heavy atom. The molecule has 8 heteroatoms. The van der Waals surface area contributed by atoms with Gasteiger partial charge in [0.25, 0.3) is 17.0 Å². The highest BCUT2D eigenvalue weighted by atomic mass is 16.5. The zero-order valence-electron chi connectivity index (χ0n) is 15.2. The minimum absolute atomic E-state index is 0.204. The van der Waals surface area contributed by atoms with Gasteiger partial charge in [0.05, 0.1) is 10.8 Å². The van der Waals surface area contributed by atoms with Crippen molar-refractivity contribution in [1.82, 2.24) is 15.1 Å². The standard InChI is InChI=1S/C20H19N3O5/c1-13-6-2-3-7-14(13)10-21-17(24)12-28-18(25)11-23-20(27)16-9-5-4-8-15(16)19(26)22-23/h2-9H,10-12H2,1H3,(H,21,24)(H,22,26). The van der Waals surface area contributed by atoms with Crippen molar-refractivity contribution in [2.45, 2.75) is 20.0 Å². The van der Waals surface area contributed by atoms with Crippen molar-refractivity contribution in [2.75, 3.05) is 6.61 Å². The molecule has 0 atom stereocenters. The van der Waals surface area contributed by atoms with Gasteiger partial charge in [-0.1, -0.05) is 36.4 Å². The lowest BCUT2D eigenvalue weighted by Crippen LogP contribution is -2.34. The predicted octanol–water partition coefficient (Wildman–Crippen LogP) is 0.858. The predicted molar refractivity (Wildman–Crippen MR) is 103 cm³/mol. The Morgan fingerprint density at radius 1 is 1.04 bits per heavy atom. The van der Waals surface area contributed by atoms with Crippen LogP contribution in [0.1, 0.15) is 11.1 Å². The summed E-state index contributed by atoms with van der Waals surface area (Å²) in [6, 6.07) is 13.9. The molecule has 0 radical (unpaired) electrons. The number of ether oxygens (including phenoxy) is 1. The molecule has 0 bridgehead atoms. The first-order valence-corrected chi connectivity index (χ1v) is 8.64. The number of nitrogens with one attached hydrogen (secondary N) is 2. The van der Waals surface area contributed by atoms with Crippen LogP contribution in [-0.4, -0.2) is 28.3 Å². The van der Waals surface area contributed by atoms with Crippen molar-refractivity contribution in [2.24, 2.45) is 0 Å². The number of rotatable bonds is 6. The van der Waals surface area contributed by atoms with Crippen molar-refractivity contribution in [3.8, 4) is 0 Å². The molecule has 1 amide bonds. The second-order valence-electron chi connectivity index (χ2n) is 6.24. The monoisotopic (exact) mass is 381 g/mol. The number of carbonyl (C=O) groups excluding carboxylic acids is 2. The molecule has 0 aliphatic rings. The van der Waals surface area contributed by atoms with Crippen molar-refractivity contribution in [3.05, 3.63) is 80.4 Å². The van der Waals surface area contributed by atoms with Crippen molar-refractivity contribution >= 4 is 22.6 Å². The molecular weight excluding hydrogens is 362 g/mol. The van der Waals surface area contributed by atoms with Crippen LogP contribution in [0.25, 0.3) is 10.8 Å². The third-order valence-electron chi connectivity index (χ3n) is 4.27. The zero-order valence-corrected chi connectivity index (χ0v) is 15.2. The lowest BCUT2D eigenvalue weighted by molar-refractivity contribution is -0.149. The second-order valence-corrected chi connectivity index (χ2v) is 6.24. The molecule has 0 aliphatic heterocycles. The average Bonchev–Trinajstić information content (AvgIpc) is 2.69. The molecule has 3 rings (SSSR count). The van der Waals surface area contributed by atoms with E-state index in [0.717, 1.165) is 15.8 Å². The van der Waals surface area contributed by atoms with Gasteiger partial charge in [0.2, 0.25) is 0 Å². The molecule has 144 valence electrons. The van der Waals surface area contributed by atoms with Gasteiger partial charge in [0, 0.05) is 6.54 Å². The molecule has 2 N–H and O–H groups in total. The summed E-state index contributed by atoms with van der Waals surface area (Å²) < 4.78 is 5.77. The van der Waals surface area contributed by atoms with Crippen LogP contribution in [0.5, 0.6) is 0 Å². The minimum Gasteiger partial charge on any atom is -0.454 e. The lowest BCUT2D eigenvalue weighted by atomic mass is 10.1. The Morgan fingerprint density at radius 2 is 1.71 bits per heavy atom. The molecule has 0 aliphatic carbocycles. The summed E-state index contributed by atoms with van der Waals surface area (Å²) in [6.07, 6.45) is 0. The maximum atomic E-state index is 12.4. The Bertz CT molecular complexity index is 1150. The van der Waals surface area contributed by atoms with Crippen molar-refractivity contribution in [1.29, 1.82) is 0 Å². The van der Waals surface area contributed by atoms with E-state index in [0.29, 0.717) is 6.54 Å². The Balaban J connectivity index is 1.57. The first kappa shape index (κ1) is 19.1. The fraction of sp³-hybridized carbons (Fsp3) is 0.200. The van der Waals surface area contributed by atoms with Crippen LogP contribution in [0.3, 0.4) is 0 Å². The van der Waals surface area contributed by atoms with Gasteiger partial charge in [-0.25, -0.2) is 4.68 Å². The summed E-state index contributed by atoms with van der Waals surface area (Å²) in [5, 5.41) is 5.45. The lowest BCUT2D eigenvalue weighted by Gasteiger charge is -2.09. The fourth-order valence-corrected chi connectivity index (χ4v) is 2.73. The van der Waals surface area contributed by atoms with Crippen LogP contribution in [0.15, 0.2) is 58.1 Å². The van der Waals surface area contributed by atoms with Gasteiger partial charge >= 0.3 is 5.97 Å². The molecule has 2 aromatic carbocycles. The number of carbonyl (C=O) groups is 2. The summed E-state index contributed by atoms with van der Waals surface area (Å²) in [7, 11) is 0. The molecule has 1 heterocycles. The fourth-order valence-electron chi connectivity index (χ4n) is 2.73. The van der Waals surface area contributed by atoms with Crippen LogP contribution < -0.4 is 16.4 Å². The van der Waals surface area contributed by atoms with Gasteiger partial charge in [0.1, 0.15) is 6.54 Å². The molecular formula is C20H19N3O5. The van der Waals surface area contributed by atoms with Gasteiger partial charge in [0.15, 0.2) is 6.61 Å². The van der Waals surface area contributed by atoms with E-state index in [-0.39, 0.29) is 10.8 Å². The number of hydrogen-bond acceptors (Lipinski definition) is 5.